The van der Waals surface area contributed by atoms with Gasteiger partial charge in [0.15, 0.2) is 5.65 Å². The molecule has 37 heavy (non-hydrogen) atoms. The summed E-state index contributed by atoms with van der Waals surface area (Å²) in [6, 6.07) is 4.32. The van der Waals surface area contributed by atoms with E-state index in [-0.39, 0.29) is 29.3 Å². The number of benzene rings is 2. The normalized spacial score (nSPS) is 16.8. The molecule has 1 aliphatic heterocycles. The van der Waals surface area contributed by atoms with E-state index in [4.69, 9.17) is 32.3 Å². The number of para-hydroxylation sites is 1. The Kier molecular flexibility index (Phi) is 5.96. The molecule has 1 amide bonds. The highest BCUT2D eigenvalue weighted by Crippen LogP contribution is 2.34. The van der Waals surface area contributed by atoms with Gasteiger partial charge in [0.05, 0.1) is 18.3 Å². The quantitative estimate of drug-likeness (QED) is 0.383. The summed E-state index contributed by atoms with van der Waals surface area (Å²) < 4.78 is 47.0. The van der Waals surface area contributed by atoms with Gasteiger partial charge in [-0.25, -0.2) is 14.6 Å². The Bertz CT molecular complexity index is 1650. The summed E-state index contributed by atoms with van der Waals surface area (Å²) in [5, 5.41) is 12.8. The molecule has 190 valence electrons. The number of fused-ring (bicyclic) bond motifs is 1. The van der Waals surface area contributed by atoms with Gasteiger partial charge in [-0.2, -0.15) is 5.10 Å². The molecule has 0 unspecified atom stereocenters. The van der Waals surface area contributed by atoms with Gasteiger partial charge in [-0.1, -0.05) is 24.7 Å². The Labute approximate surface area is 221 Å². The largest absolute Gasteiger partial charge is 0.481 e. The first-order valence-electron chi connectivity index (χ1n) is 13.9. The van der Waals surface area contributed by atoms with E-state index in [1.54, 1.807) is 33.8 Å². The number of nitrogen functional groups attached to an aromatic ring is 1. The van der Waals surface area contributed by atoms with Crippen LogP contribution in [0.5, 0.6) is 11.5 Å². The Morgan fingerprint density at radius 3 is 2.57 bits per heavy atom. The molecule has 4 aromatic rings. The number of rotatable bonds is 5. The highest BCUT2D eigenvalue weighted by molar-refractivity contribution is 5.98. The standard InChI is InChI=1S/C25H24N6O2.C2H4O2/c1-2-21(32)30-14-6-7-18(15-30)31-25-22(24(26)27-16-28-25)23(29-31)17-10-12-20(13-11-17)33-19-8-4-3-5-9-19;1-2(3)4/h2-5,8-13,16,18H,1,6-7,14-15H2,(H2,26,27,28);1H3,(H,3,4)/t18-;/m1./s1/i3D,4D,5D,8D,9D;. The lowest BCUT2D eigenvalue weighted by atomic mass is 10.1. The maximum absolute atomic E-state index is 12.2. The second-order valence-electron chi connectivity index (χ2n) is 8.13. The summed E-state index contributed by atoms with van der Waals surface area (Å²) in [4.78, 5) is 31.5. The summed E-state index contributed by atoms with van der Waals surface area (Å²) in [6.07, 6.45) is 4.31. The van der Waals surface area contributed by atoms with Crippen LogP contribution in [0.15, 0.2) is 73.5 Å². The van der Waals surface area contributed by atoms with Crippen molar-refractivity contribution in [2.24, 2.45) is 0 Å². The fraction of sp³-hybridized carbons (Fsp3) is 0.222. The highest BCUT2D eigenvalue weighted by Gasteiger charge is 2.28. The van der Waals surface area contributed by atoms with Gasteiger partial charge < -0.3 is 20.5 Å². The Balaban J connectivity index is 0.000000952. The van der Waals surface area contributed by atoms with Gasteiger partial charge in [-0.15, -0.1) is 0 Å². The van der Waals surface area contributed by atoms with Gasteiger partial charge in [-0.3, -0.25) is 9.59 Å². The first kappa shape index (κ1) is 19.5. The molecule has 2 aromatic carbocycles. The van der Waals surface area contributed by atoms with Crippen LogP contribution >= 0.6 is 0 Å². The SMILES string of the molecule is CC(=O)O.[2H]c1c([2H])c([2H])c(Oc2ccc(-c3nn([C@@H]4CCCN(C(=O)C=C)C4)c4ncnc(N)c34)cc2)c([2H])c1[2H]. The van der Waals surface area contributed by atoms with E-state index in [0.717, 1.165) is 19.8 Å². The van der Waals surface area contributed by atoms with E-state index in [0.29, 0.717) is 35.4 Å². The molecule has 0 spiro atoms. The lowest BCUT2D eigenvalue weighted by Crippen LogP contribution is -2.40. The number of piperidine rings is 1. The summed E-state index contributed by atoms with van der Waals surface area (Å²) in [5.41, 5.74) is 8.05. The third-order valence-electron chi connectivity index (χ3n) is 5.57. The molecule has 0 bridgehead atoms. The minimum Gasteiger partial charge on any atom is -0.481 e. The van der Waals surface area contributed by atoms with Gasteiger partial charge in [-0.05, 0) is 55.3 Å². The molecular formula is C27H28N6O4. The minimum atomic E-state index is -0.833. The van der Waals surface area contributed by atoms with Crippen molar-refractivity contribution < 1.29 is 26.3 Å². The van der Waals surface area contributed by atoms with E-state index in [9.17, 15) is 4.79 Å². The van der Waals surface area contributed by atoms with Crippen LogP contribution in [0, 0.1) is 0 Å². The summed E-state index contributed by atoms with van der Waals surface area (Å²) >= 11 is 0. The maximum Gasteiger partial charge on any atom is 0.300 e. The number of carbonyl (C=O) groups excluding carboxylic acids is 1. The van der Waals surface area contributed by atoms with Crippen LogP contribution in [0.2, 0.25) is 0 Å². The van der Waals surface area contributed by atoms with Crippen LogP contribution in [0.1, 0.15) is 32.7 Å². The molecule has 10 heteroatoms. The summed E-state index contributed by atoms with van der Waals surface area (Å²) in [6.45, 7) is 5.79. The Morgan fingerprint density at radius 1 is 1.19 bits per heavy atom. The van der Waals surface area contributed by atoms with E-state index in [2.05, 4.69) is 16.5 Å². The number of nitrogens with two attached hydrogens (primary N) is 1. The van der Waals surface area contributed by atoms with Gasteiger partial charge in [0.2, 0.25) is 5.91 Å². The number of carboxylic acid groups (broad SMARTS) is 1. The molecular weight excluding hydrogens is 472 g/mol. The molecule has 3 N–H and O–H groups in total. The van der Waals surface area contributed by atoms with Crippen molar-refractivity contribution in [3.63, 3.8) is 0 Å². The lowest BCUT2D eigenvalue weighted by molar-refractivity contribution is -0.134. The maximum atomic E-state index is 12.2. The molecule has 0 aliphatic carbocycles. The number of likely N-dealkylation sites (tertiary alicyclic amines) is 1. The number of hydrogen-bond donors (Lipinski definition) is 2. The molecule has 1 saturated heterocycles. The van der Waals surface area contributed by atoms with Crippen LogP contribution in [0.4, 0.5) is 5.82 Å². The zero-order chi connectivity index (χ0) is 30.7. The van der Waals surface area contributed by atoms with Crippen LogP contribution < -0.4 is 10.5 Å². The van der Waals surface area contributed by atoms with Crippen LogP contribution in [0.25, 0.3) is 22.3 Å². The monoisotopic (exact) mass is 505 g/mol. The third-order valence-corrected chi connectivity index (χ3v) is 5.57. The van der Waals surface area contributed by atoms with Gasteiger partial charge in [0.1, 0.15) is 29.3 Å². The molecule has 1 aliphatic rings. The average molecular weight is 506 g/mol. The number of aromatic nitrogens is 4. The second kappa shape index (κ2) is 11.3. The predicted octanol–water partition coefficient (Wildman–Crippen LogP) is 4.31. The number of nitrogens with zero attached hydrogens (tertiary/aromatic N) is 5. The van der Waals surface area contributed by atoms with Crippen molar-refractivity contribution in [2.45, 2.75) is 25.8 Å². The molecule has 3 heterocycles. The fourth-order valence-corrected chi connectivity index (χ4v) is 4.02. The van der Waals surface area contributed by atoms with Crippen molar-refractivity contribution in [1.82, 2.24) is 24.6 Å². The first-order chi connectivity index (χ1) is 19.9. The van der Waals surface area contributed by atoms with Crippen molar-refractivity contribution in [2.75, 3.05) is 18.8 Å². The van der Waals surface area contributed by atoms with E-state index in [1.165, 1.54) is 12.4 Å². The van der Waals surface area contributed by atoms with Crippen molar-refractivity contribution in [3.8, 4) is 22.8 Å². The lowest BCUT2D eigenvalue weighted by Gasteiger charge is -2.32. The molecule has 1 atom stereocenters. The number of anilines is 1. The molecule has 2 aromatic heterocycles. The van der Waals surface area contributed by atoms with Crippen molar-refractivity contribution in [3.05, 3.63) is 73.5 Å². The Morgan fingerprint density at radius 2 is 1.89 bits per heavy atom. The molecule has 0 saturated carbocycles. The van der Waals surface area contributed by atoms with Crippen LogP contribution in [-0.2, 0) is 9.59 Å². The fourth-order valence-electron chi connectivity index (χ4n) is 4.02. The Hall–Kier alpha value is -4.73. The number of carboxylic acids is 1. The number of hydrogen-bond acceptors (Lipinski definition) is 7. The number of carbonyl (C=O) groups is 2. The molecule has 5 rings (SSSR count). The number of amides is 1. The summed E-state index contributed by atoms with van der Waals surface area (Å²) in [5.74, 6) is -0.668. The second-order valence-corrected chi connectivity index (χ2v) is 8.13. The minimum absolute atomic E-state index is 0.107. The molecule has 0 radical (unpaired) electrons. The highest BCUT2D eigenvalue weighted by atomic mass is 16.5. The van der Waals surface area contributed by atoms with Gasteiger partial charge >= 0.3 is 0 Å². The van der Waals surface area contributed by atoms with Crippen LogP contribution in [-0.4, -0.2) is 54.7 Å². The van der Waals surface area contributed by atoms with Gasteiger partial charge in [0.25, 0.3) is 5.97 Å². The number of ether oxygens (including phenoxy) is 1. The zero-order valence-electron chi connectivity index (χ0n) is 25.1. The van der Waals surface area contributed by atoms with Crippen molar-refractivity contribution in [1.29, 1.82) is 0 Å². The average Bonchev–Trinajstić information content (AvgIpc) is 3.38. The third kappa shape index (κ3) is 5.92. The molecule has 10 nitrogen and oxygen atoms in total. The van der Waals surface area contributed by atoms with Gasteiger partial charge in [0, 0.05) is 25.6 Å². The molecule has 1 fully saturated rings. The smallest absolute Gasteiger partial charge is 0.300 e. The van der Waals surface area contributed by atoms with Crippen molar-refractivity contribution >= 4 is 28.7 Å². The van der Waals surface area contributed by atoms with E-state index >= 15 is 0 Å². The number of aliphatic carboxylic acids is 1. The first-order valence-corrected chi connectivity index (χ1v) is 11.4. The van der Waals surface area contributed by atoms with Crippen LogP contribution in [0.3, 0.4) is 0 Å². The predicted molar refractivity (Wildman–Crippen MR) is 140 cm³/mol. The topological polar surface area (TPSA) is 136 Å². The van der Waals surface area contributed by atoms with E-state index < -0.39 is 36.2 Å². The van der Waals surface area contributed by atoms with E-state index in [1.807, 2.05) is 0 Å². The zero-order valence-corrected chi connectivity index (χ0v) is 20.1. The summed E-state index contributed by atoms with van der Waals surface area (Å²) in [7, 11) is 0.